The van der Waals surface area contributed by atoms with Crippen molar-refractivity contribution in [3.05, 3.63) is 48.7 Å². The highest BCUT2D eigenvalue weighted by Gasteiger charge is 2.36. The number of hydrogen-bond acceptors (Lipinski definition) is 7. The SMILES string of the molecule is Cc1nc(-c2cccnc2)sc1N(C)C(=O)CC(C)(N)C(=O)C(C)n1cccn1. The van der Waals surface area contributed by atoms with E-state index in [4.69, 9.17) is 5.73 Å². The zero-order chi connectivity index (χ0) is 21.2. The molecule has 3 aromatic heterocycles. The third-order valence-electron chi connectivity index (χ3n) is 4.74. The van der Waals surface area contributed by atoms with Gasteiger partial charge in [-0.1, -0.05) is 11.3 Å². The van der Waals surface area contributed by atoms with Gasteiger partial charge in [0.2, 0.25) is 5.91 Å². The summed E-state index contributed by atoms with van der Waals surface area (Å²) in [5.74, 6) is -0.500. The van der Waals surface area contributed by atoms with Gasteiger partial charge in [-0.05, 0) is 39.0 Å². The summed E-state index contributed by atoms with van der Waals surface area (Å²) in [6.45, 7) is 5.16. The van der Waals surface area contributed by atoms with Crippen LogP contribution in [0.15, 0.2) is 43.0 Å². The molecule has 0 aromatic carbocycles. The Morgan fingerprint density at radius 3 is 2.72 bits per heavy atom. The van der Waals surface area contributed by atoms with Crippen LogP contribution >= 0.6 is 11.3 Å². The molecular weight excluding hydrogens is 388 g/mol. The molecule has 0 aliphatic heterocycles. The van der Waals surface area contributed by atoms with Crippen molar-refractivity contribution in [2.45, 2.75) is 38.8 Å². The van der Waals surface area contributed by atoms with Crippen LogP contribution in [0.4, 0.5) is 5.00 Å². The molecule has 9 heteroatoms. The fourth-order valence-corrected chi connectivity index (χ4v) is 4.09. The van der Waals surface area contributed by atoms with E-state index in [0.717, 1.165) is 21.3 Å². The molecule has 0 aliphatic rings. The van der Waals surface area contributed by atoms with E-state index >= 15 is 0 Å². The number of nitrogens with zero attached hydrogens (tertiary/aromatic N) is 5. The lowest BCUT2D eigenvalue weighted by Crippen LogP contribution is -2.51. The van der Waals surface area contributed by atoms with Gasteiger partial charge in [0.1, 0.15) is 16.1 Å². The van der Waals surface area contributed by atoms with Crippen LogP contribution in [0.3, 0.4) is 0 Å². The second kappa shape index (κ2) is 8.22. The van der Waals surface area contributed by atoms with Crippen molar-refractivity contribution in [1.29, 1.82) is 0 Å². The Morgan fingerprint density at radius 2 is 2.10 bits per heavy atom. The van der Waals surface area contributed by atoms with E-state index in [-0.39, 0.29) is 18.1 Å². The molecule has 3 heterocycles. The number of carbonyl (C=O) groups is 2. The van der Waals surface area contributed by atoms with E-state index < -0.39 is 11.6 Å². The Labute approximate surface area is 173 Å². The predicted octanol–water partition coefficient (Wildman–Crippen LogP) is 2.61. The Bertz CT molecular complexity index is 997. The number of carbonyl (C=O) groups excluding carboxylic acids is 2. The fourth-order valence-electron chi connectivity index (χ4n) is 3.05. The maximum absolute atomic E-state index is 12.9. The van der Waals surface area contributed by atoms with Crippen LogP contribution in [-0.4, -0.2) is 44.0 Å². The first-order valence-corrected chi connectivity index (χ1v) is 9.99. The van der Waals surface area contributed by atoms with Crippen LogP contribution in [0.25, 0.3) is 10.6 Å². The molecule has 2 N–H and O–H groups in total. The quantitative estimate of drug-likeness (QED) is 0.639. The molecule has 0 saturated carbocycles. The molecule has 29 heavy (non-hydrogen) atoms. The summed E-state index contributed by atoms with van der Waals surface area (Å²) in [4.78, 5) is 35.9. The number of aryl methyl sites for hydroxylation is 1. The molecule has 2 atom stereocenters. The van der Waals surface area contributed by atoms with Crippen molar-refractivity contribution in [3.8, 4) is 10.6 Å². The largest absolute Gasteiger partial charge is 0.319 e. The molecule has 3 aromatic rings. The summed E-state index contributed by atoms with van der Waals surface area (Å²) in [6, 6.07) is 4.94. The summed E-state index contributed by atoms with van der Waals surface area (Å²) in [6.07, 6.45) is 6.61. The van der Waals surface area contributed by atoms with E-state index in [0.29, 0.717) is 0 Å². The highest BCUT2D eigenvalue weighted by molar-refractivity contribution is 7.19. The van der Waals surface area contributed by atoms with Crippen molar-refractivity contribution in [3.63, 3.8) is 0 Å². The first kappa shape index (κ1) is 20.8. The topological polar surface area (TPSA) is 107 Å². The number of nitrogens with two attached hydrogens (primary N) is 1. The fraction of sp³-hybridized carbons (Fsp3) is 0.350. The molecule has 0 aliphatic carbocycles. The highest BCUT2D eigenvalue weighted by atomic mass is 32.1. The predicted molar refractivity (Wildman–Crippen MR) is 113 cm³/mol. The zero-order valence-corrected chi connectivity index (χ0v) is 17.7. The van der Waals surface area contributed by atoms with Gasteiger partial charge in [0.25, 0.3) is 0 Å². The van der Waals surface area contributed by atoms with Gasteiger partial charge in [-0.3, -0.25) is 19.3 Å². The second-order valence-electron chi connectivity index (χ2n) is 7.22. The van der Waals surface area contributed by atoms with Crippen LogP contribution in [0.5, 0.6) is 0 Å². The van der Waals surface area contributed by atoms with E-state index in [2.05, 4.69) is 15.1 Å². The monoisotopic (exact) mass is 412 g/mol. The summed E-state index contributed by atoms with van der Waals surface area (Å²) >= 11 is 1.40. The number of anilines is 1. The molecule has 8 nitrogen and oxygen atoms in total. The average Bonchev–Trinajstić information content (AvgIpc) is 3.36. The maximum Gasteiger partial charge on any atom is 0.229 e. The summed E-state index contributed by atoms with van der Waals surface area (Å²) in [5, 5.41) is 5.59. The summed E-state index contributed by atoms with van der Waals surface area (Å²) < 4.78 is 1.54. The first-order chi connectivity index (χ1) is 13.7. The minimum Gasteiger partial charge on any atom is -0.319 e. The second-order valence-corrected chi connectivity index (χ2v) is 8.20. The molecule has 0 fully saturated rings. The highest BCUT2D eigenvalue weighted by Crippen LogP contribution is 2.34. The van der Waals surface area contributed by atoms with E-state index in [1.54, 1.807) is 51.7 Å². The third-order valence-corrected chi connectivity index (χ3v) is 6.02. The van der Waals surface area contributed by atoms with Crippen molar-refractivity contribution in [2.75, 3.05) is 11.9 Å². The van der Waals surface area contributed by atoms with Crippen LogP contribution in [0.2, 0.25) is 0 Å². The number of Topliss-reactive ketones (excluding diaryl/α,β-unsaturated/α-hetero) is 1. The van der Waals surface area contributed by atoms with Crippen LogP contribution in [-0.2, 0) is 9.59 Å². The molecule has 2 unspecified atom stereocenters. The Kier molecular flexibility index (Phi) is 5.90. The lowest BCUT2D eigenvalue weighted by atomic mass is 9.89. The normalized spacial score (nSPS) is 14.2. The average molecular weight is 413 g/mol. The number of rotatable bonds is 7. The number of thiazole rings is 1. The molecule has 0 radical (unpaired) electrons. The van der Waals surface area contributed by atoms with E-state index in [1.165, 1.54) is 20.9 Å². The number of aromatic nitrogens is 4. The summed E-state index contributed by atoms with van der Waals surface area (Å²) in [7, 11) is 1.67. The van der Waals surface area contributed by atoms with Gasteiger partial charge in [-0.15, -0.1) is 0 Å². The van der Waals surface area contributed by atoms with Gasteiger partial charge in [-0.25, -0.2) is 4.98 Å². The lowest BCUT2D eigenvalue weighted by molar-refractivity contribution is -0.130. The Balaban J connectivity index is 1.75. The van der Waals surface area contributed by atoms with Gasteiger partial charge < -0.3 is 10.6 Å². The molecule has 0 saturated heterocycles. The minimum atomic E-state index is -1.32. The third kappa shape index (κ3) is 4.41. The maximum atomic E-state index is 12.9. The molecule has 1 amide bonds. The molecule has 3 rings (SSSR count). The van der Waals surface area contributed by atoms with Gasteiger partial charge in [0.05, 0.1) is 17.7 Å². The zero-order valence-electron chi connectivity index (χ0n) is 16.9. The van der Waals surface area contributed by atoms with Crippen LogP contribution in [0.1, 0.15) is 32.0 Å². The Morgan fingerprint density at radius 1 is 1.34 bits per heavy atom. The molecular formula is C20H24N6O2S. The molecule has 0 spiro atoms. The number of pyridine rings is 1. The Hall–Kier alpha value is -2.91. The molecule has 152 valence electrons. The lowest BCUT2D eigenvalue weighted by Gasteiger charge is -2.28. The van der Waals surface area contributed by atoms with E-state index in [1.807, 2.05) is 19.1 Å². The smallest absolute Gasteiger partial charge is 0.229 e. The van der Waals surface area contributed by atoms with Crippen LogP contribution < -0.4 is 10.6 Å². The number of ketones is 1. The van der Waals surface area contributed by atoms with Crippen molar-refractivity contribution >= 4 is 28.0 Å². The number of hydrogen-bond donors (Lipinski definition) is 1. The van der Waals surface area contributed by atoms with Crippen molar-refractivity contribution in [2.24, 2.45) is 5.73 Å². The molecule has 0 bridgehead atoms. The van der Waals surface area contributed by atoms with Gasteiger partial charge in [0, 0.05) is 37.4 Å². The van der Waals surface area contributed by atoms with E-state index in [9.17, 15) is 9.59 Å². The van der Waals surface area contributed by atoms with Gasteiger partial charge in [0.15, 0.2) is 5.78 Å². The van der Waals surface area contributed by atoms with Crippen LogP contribution in [0, 0.1) is 6.92 Å². The van der Waals surface area contributed by atoms with Gasteiger partial charge >= 0.3 is 0 Å². The first-order valence-electron chi connectivity index (χ1n) is 9.17. The standard InChI is InChI=1S/C20H24N6O2S/c1-13-19(29-18(24-13)15-7-5-8-22-12-15)25(4)16(27)11-20(3,21)17(28)14(2)26-10-6-9-23-26/h5-10,12,14H,11,21H2,1-4H3. The van der Waals surface area contributed by atoms with Gasteiger partial charge in [-0.2, -0.15) is 5.10 Å². The summed E-state index contributed by atoms with van der Waals surface area (Å²) in [5.41, 5.74) is 6.57. The van der Waals surface area contributed by atoms with Crippen molar-refractivity contribution < 1.29 is 9.59 Å². The van der Waals surface area contributed by atoms with Crippen molar-refractivity contribution in [1.82, 2.24) is 19.7 Å². The number of amides is 1. The minimum absolute atomic E-state index is 0.118.